The van der Waals surface area contributed by atoms with Gasteiger partial charge in [-0.25, -0.2) is 0 Å². The summed E-state index contributed by atoms with van der Waals surface area (Å²) in [7, 11) is 0. The third-order valence-electron chi connectivity index (χ3n) is 4.17. The standard InChI is InChI=1S/C19H17ClN2/c1-11(2)17-9-13-7-15(20)14(10-18(13)22-17)19-8-12-5-3-4-6-16(12)21-19/h3-11,21-22H,1-2H3. The molecule has 0 radical (unpaired) electrons. The van der Waals surface area contributed by atoms with E-state index in [-0.39, 0.29) is 0 Å². The van der Waals surface area contributed by atoms with Gasteiger partial charge in [0, 0.05) is 38.8 Å². The third kappa shape index (κ3) is 2.11. The summed E-state index contributed by atoms with van der Waals surface area (Å²) in [4.78, 5) is 6.94. The zero-order chi connectivity index (χ0) is 15.3. The summed E-state index contributed by atoms with van der Waals surface area (Å²) in [6, 6.07) is 16.8. The minimum atomic E-state index is 0.475. The van der Waals surface area contributed by atoms with Gasteiger partial charge in [0.15, 0.2) is 0 Å². The number of aromatic nitrogens is 2. The van der Waals surface area contributed by atoms with Crippen LogP contribution in [-0.2, 0) is 0 Å². The molecule has 22 heavy (non-hydrogen) atoms. The molecule has 0 unspecified atom stereocenters. The van der Waals surface area contributed by atoms with Gasteiger partial charge >= 0.3 is 0 Å². The van der Waals surface area contributed by atoms with Gasteiger partial charge < -0.3 is 9.97 Å². The third-order valence-corrected chi connectivity index (χ3v) is 4.48. The van der Waals surface area contributed by atoms with Crippen molar-refractivity contribution < 1.29 is 0 Å². The number of rotatable bonds is 2. The van der Waals surface area contributed by atoms with Gasteiger partial charge in [0.05, 0.1) is 5.02 Å². The molecule has 0 aliphatic rings. The molecule has 2 heterocycles. The number of aromatic amines is 2. The first kappa shape index (κ1) is 13.5. The molecule has 2 aromatic carbocycles. The molecule has 2 aromatic heterocycles. The maximum Gasteiger partial charge on any atom is 0.0506 e. The van der Waals surface area contributed by atoms with Gasteiger partial charge in [-0.15, -0.1) is 0 Å². The number of nitrogens with one attached hydrogen (secondary N) is 2. The van der Waals surface area contributed by atoms with E-state index in [9.17, 15) is 0 Å². The molecular weight excluding hydrogens is 292 g/mol. The maximum absolute atomic E-state index is 6.52. The van der Waals surface area contributed by atoms with Gasteiger partial charge in [-0.2, -0.15) is 0 Å². The lowest BCUT2D eigenvalue weighted by Crippen LogP contribution is -1.85. The second-order valence-electron chi connectivity index (χ2n) is 6.07. The monoisotopic (exact) mass is 308 g/mol. The van der Waals surface area contributed by atoms with Crippen LogP contribution in [-0.4, -0.2) is 9.97 Å². The Morgan fingerprint density at radius 1 is 0.864 bits per heavy atom. The summed E-state index contributed by atoms with van der Waals surface area (Å²) in [5, 5.41) is 3.13. The molecular formula is C19H17ClN2. The number of H-pyrrole nitrogens is 2. The van der Waals surface area contributed by atoms with E-state index in [0.717, 1.165) is 32.7 Å². The van der Waals surface area contributed by atoms with Gasteiger partial charge in [-0.05, 0) is 36.2 Å². The van der Waals surface area contributed by atoms with Crippen LogP contribution in [0.4, 0.5) is 0 Å². The van der Waals surface area contributed by atoms with Crippen molar-refractivity contribution in [2.75, 3.05) is 0 Å². The molecule has 0 bridgehead atoms. The van der Waals surface area contributed by atoms with Gasteiger partial charge in [-0.3, -0.25) is 0 Å². The smallest absolute Gasteiger partial charge is 0.0506 e. The first-order valence-electron chi connectivity index (χ1n) is 7.52. The Labute approximate surface area is 134 Å². The summed E-state index contributed by atoms with van der Waals surface area (Å²) in [6.45, 7) is 4.37. The molecule has 0 fully saturated rings. The van der Waals surface area contributed by atoms with E-state index in [1.54, 1.807) is 0 Å². The lowest BCUT2D eigenvalue weighted by molar-refractivity contribution is 0.836. The van der Waals surface area contributed by atoms with Crippen LogP contribution in [0.5, 0.6) is 0 Å². The fourth-order valence-electron chi connectivity index (χ4n) is 2.91. The molecule has 0 aliphatic carbocycles. The summed E-state index contributed by atoms with van der Waals surface area (Å²) in [6.07, 6.45) is 0. The maximum atomic E-state index is 6.52. The van der Waals surface area contributed by atoms with Crippen molar-refractivity contribution in [2.45, 2.75) is 19.8 Å². The predicted molar refractivity (Wildman–Crippen MR) is 94.7 cm³/mol. The minimum absolute atomic E-state index is 0.475. The van der Waals surface area contributed by atoms with Crippen molar-refractivity contribution >= 4 is 33.4 Å². The Kier molecular flexibility index (Phi) is 3.02. The van der Waals surface area contributed by atoms with Crippen molar-refractivity contribution in [3.8, 4) is 11.3 Å². The molecule has 2 N–H and O–H groups in total. The highest BCUT2D eigenvalue weighted by molar-refractivity contribution is 6.34. The first-order chi connectivity index (χ1) is 10.6. The zero-order valence-corrected chi connectivity index (χ0v) is 13.3. The number of halogens is 1. The second-order valence-corrected chi connectivity index (χ2v) is 6.48. The lowest BCUT2D eigenvalue weighted by atomic mass is 10.1. The van der Waals surface area contributed by atoms with Crippen LogP contribution in [0.2, 0.25) is 5.02 Å². The van der Waals surface area contributed by atoms with Crippen LogP contribution in [0.1, 0.15) is 25.5 Å². The van der Waals surface area contributed by atoms with Crippen LogP contribution in [0.15, 0.2) is 48.5 Å². The highest BCUT2D eigenvalue weighted by atomic mass is 35.5. The fraction of sp³-hybridized carbons (Fsp3) is 0.158. The highest BCUT2D eigenvalue weighted by Gasteiger charge is 2.11. The van der Waals surface area contributed by atoms with E-state index in [0.29, 0.717) is 5.92 Å². The molecule has 0 spiro atoms. The number of hydrogen-bond donors (Lipinski definition) is 2. The van der Waals surface area contributed by atoms with E-state index in [4.69, 9.17) is 11.6 Å². The first-order valence-corrected chi connectivity index (χ1v) is 7.90. The van der Waals surface area contributed by atoms with Crippen LogP contribution in [0, 0.1) is 0 Å². The molecule has 2 nitrogen and oxygen atoms in total. The summed E-state index contributed by atoms with van der Waals surface area (Å²) in [5.41, 5.74) is 5.57. The number of fused-ring (bicyclic) bond motifs is 2. The average Bonchev–Trinajstić information content (AvgIpc) is 3.09. The van der Waals surface area contributed by atoms with E-state index in [2.05, 4.69) is 54.1 Å². The van der Waals surface area contributed by atoms with Crippen LogP contribution in [0.25, 0.3) is 33.1 Å². The van der Waals surface area contributed by atoms with E-state index < -0.39 is 0 Å². The van der Waals surface area contributed by atoms with Crippen molar-refractivity contribution in [3.63, 3.8) is 0 Å². The Morgan fingerprint density at radius 2 is 1.68 bits per heavy atom. The lowest BCUT2D eigenvalue weighted by Gasteiger charge is -2.02. The molecule has 110 valence electrons. The van der Waals surface area contributed by atoms with Crippen LogP contribution in [0.3, 0.4) is 0 Å². The average molecular weight is 309 g/mol. The second kappa shape index (κ2) is 4.92. The Morgan fingerprint density at radius 3 is 2.45 bits per heavy atom. The zero-order valence-electron chi connectivity index (χ0n) is 12.6. The molecule has 4 aromatic rings. The quantitative estimate of drug-likeness (QED) is 0.449. The topological polar surface area (TPSA) is 31.6 Å². The number of para-hydroxylation sites is 1. The molecule has 3 heteroatoms. The molecule has 0 atom stereocenters. The molecule has 0 saturated carbocycles. The SMILES string of the molecule is CC(C)c1cc2cc(Cl)c(-c3cc4ccccc4[nH]3)cc2[nH]1. The summed E-state index contributed by atoms with van der Waals surface area (Å²) >= 11 is 6.52. The molecule has 0 amide bonds. The molecule has 4 rings (SSSR count). The van der Waals surface area contributed by atoms with Crippen molar-refractivity contribution in [3.05, 3.63) is 59.2 Å². The summed E-state index contributed by atoms with van der Waals surface area (Å²) in [5.74, 6) is 0.475. The van der Waals surface area contributed by atoms with Crippen LogP contribution >= 0.6 is 11.6 Å². The van der Waals surface area contributed by atoms with E-state index >= 15 is 0 Å². The summed E-state index contributed by atoms with van der Waals surface area (Å²) < 4.78 is 0. The van der Waals surface area contributed by atoms with Crippen LogP contribution < -0.4 is 0 Å². The van der Waals surface area contributed by atoms with Crippen molar-refractivity contribution in [2.24, 2.45) is 0 Å². The number of benzene rings is 2. The van der Waals surface area contributed by atoms with E-state index in [1.807, 2.05) is 18.2 Å². The van der Waals surface area contributed by atoms with Gasteiger partial charge in [0.1, 0.15) is 0 Å². The molecule has 0 saturated heterocycles. The normalized spacial score (nSPS) is 11.8. The Hall–Kier alpha value is -2.19. The minimum Gasteiger partial charge on any atom is -0.358 e. The van der Waals surface area contributed by atoms with Gasteiger partial charge in [0.25, 0.3) is 0 Å². The predicted octanol–water partition coefficient (Wildman–Crippen LogP) is 6.09. The highest BCUT2D eigenvalue weighted by Crippen LogP contribution is 2.34. The largest absolute Gasteiger partial charge is 0.358 e. The molecule has 0 aliphatic heterocycles. The van der Waals surface area contributed by atoms with Gasteiger partial charge in [-0.1, -0.05) is 43.6 Å². The fourth-order valence-corrected chi connectivity index (χ4v) is 3.19. The Balaban J connectivity index is 1.91. The number of hydrogen-bond acceptors (Lipinski definition) is 0. The van der Waals surface area contributed by atoms with Gasteiger partial charge in [0.2, 0.25) is 0 Å². The van der Waals surface area contributed by atoms with Crippen molar-refractivity contribution in [1.82, 2.24) is 9.97 Å². The van der Waals surface area contributed by atoms with Crippen molar-refractivity contribution in [1.29, 1.82) is 0 Å². The Bertz CT molecular complexity index is 943. The van der Waals surface area contributed by atoms with E-state index in [1.165, 1.54) is 11.1 Å².